The Bertz CT molecular complexity index is 684. The van der Waals surface area contributed by atoms with Gasteiger partial charge in [0, 0.05) is 12.7 Å². The average molecular weight is 292 g/mol. The van der Waals surface area contributed by atoms with Crippen molar-refractivity contribution in [3.63, 3.8) is 0 Å². The molecule has 0 aliphatic rings. The molecule has 0 fully saturated rings. The molecule has 0 aliphatic carbocycles. The number of hydrogen-bond acceptors (Lipinski definition) is 5. The minimum Gasteiger partial charge on any atom is -0.302 e. The first kappa shape index (κ1) is 12.3. The quantitative estimate of drug-likeness (QED) is 0.804. The van der Waals surface area contributed by atoms with Crippen molar-refractivity contribution in [3.05, 3.63) is 29.4 Å². The number of aryl methyl sites for hydroxylation is 1. The van der Waals surface area contributed by atoms with Crippen LogP contribution in [0.15, 0.2) is 23.7 Å². The van der Waals surface area contributed by atoms with Crippen LogP contribution in [0, 0.1) is 0 Å². The highest BCUT2D eigenvalue weighted by molar-refractivity contribution is 7.39. The van der Waals surface area contributed by atoms with Crippen molar-refractivity contribution in [1.82, 2.24) is 14.8 Å². The molecule has 1 N–H and O–H groups in total. The van der Waals surface area contributed by atoms with Crippen molar-refractivity contribution in [1.29, 1.82) is 0 Å². The van der Waals surface area contributed by atoms with E-state index in [1.807, 2.05) is 35.3 Å². The molecule has 0 unspecified atom stereocenters. The number of nitrogens with one attached hydrogen (secondary N) is 1. The molecule has 3 heterocycles. The molecular weight excluding hydrogens is 280 g/mol. The maximum absolute atomic E-state index is 11.9. The van der Waals surface area contributed by atoms with Crippen LogP contribution in [-0.4, -0.2) is 20.7 Å². The zero-order valence-electron chi connectivity index (χ0n) is 10.3. The van der Waals surface area contributed by atoms with Gasteiger partial charge in [0.1, 0.15) is 4.01 Å². The molecule has 19 heavy (non-hydrogen) atoms. The van der Waals surface area contributed by atoms with Crippen LogP contribution in [0.1, 0.15) is 12.6 Å². The predicted octanol–water partition coefficient (Wildman–Crippen LogP) is 2.76. The van der Waals surface area contributed by atoms with E-state index >= 15 is 0 Å². The zero-order chi connectivity index (χ0) is 13.2. The van der Waals surface area contributed by atoms with Gasteiger partial charge >= 0.3 is 0 Å². The van der Waals surface area contributed by atoms with E-state index in [9.17, 15) is 4.79 Å². The van der Waals surface area contributed by atoms with Crippen molar-refractivity contribution in [2.45, 2.75) is 19.9 Å². The molecule has 3 rings (SSSR count). The number of anilines is 1. The summed E-state index contributed by atoms with van der Waals surface area (Å²) in [6.07, 6.45) is 2.15. The summed E-state index contributed by atoms with van der Waals surface area (Å²) in [5, 5.41) is 9.75. The number of thiazole rings is 1. The van der Waals surface area contributed by atoms with E-state index in [1.165, 1.54) is 11.3 Å². The predicted molar refractivity (Wildman–Crippen MR) is 77.7 cm³/mol. The van der Waals surface area contributed by atoms with Crippen molar-refractivity contribution in [2.75, 3.05) is 5.32 Å². The van der Waals surface area contributed by atoms with Gasteiger partial charge in [-0.05, 0) is 24.4 Å². The molecule has 0 saturated heterocycles. The molecular formula is C12H12N4OS2. The third-order valence-electron chi connectivity index (χ3n) is 2.63. The molecule has 0 spiro atoms. The Hall–Kier alpha value is -1.73. The average Bonchev–Trinajstić information content (AvgIpc) is 3.03. The third kappa shape index (κ3) is 2.66. The molecule has 1 amide bonds. The number of nitrogens with zero attached hydrogens (tertiary/aromatic N) is 3. The molecule has 0 saturated carbocycles. The standard InChI is InChI=1S/C12H12N4OS2/c1-2-16-5-3-8(15-16)7-10(17)14-12-13-9-4-6-18-11(9)19-12/h3-6H,2,7H2,1H3,(H,13,14,17). The van der Waals surface area contributed by atoms with E-state index in [4.69, 9.17) is 0 Å². The number of rotatable bonds is 4. The van der Waals surface area contributed by atoms with E-state index in [2.05, 4.69) is 15.4 Å². The fraction of sp³-hybridized carbons (Fsp3) is 0.250. The normalized spacial score (nSPS) is 11.0. The molecule has 7 heteroatoms. The zero-order valence-corrected chi connectivity index (χ0v) is 11.9. The van der Waals surface area contributed by atoms with Gasteiger partial charge in [-0.3, -0.25) is 9.48 Å². The van der Waals surface area contributed by atoms with Crippen LogP contribution in [0.2, 0.25) is 0 Å². The largest absolute Gasteiger partial charge is 0.302 e. The molecule has 0 bridgehead atoms. The topological polar surface area (TPSA) is 59.8 Å². The molecule has 98 valence electrons. The summed E-state index contributed by atoms with van der Waals surface area (Å²) in [7, 11) is 0. The second kappa shape index (κ2) is 5.10. The van der Waals surface area contributed by atoms with Gasteiger partial charge in [0.25, 0.3) is 0 Å². The number of thiophene rings is 1. The summed E-state index contributed by atoms with van der Waals surface area (Å²) in [6, 6.07) is 3.82. The van der Waals surface area contributed by atoms with Crippen molar-refractivity contribution in [2.24, 2.45) is 0 Å². The van der Waals surface area contributed by atoms with Crippen LogP contribution in [0.4, 0.5) is 5.13 Å². The lowest BCUT2D eigenvalue weighted by molar-refractivity contribution is -0.115. The Labute approximate surface area is 117 Å². The lowest BCUT2D eigenvalue weighted by Gasteiger charge is -1.99. The first-order valence-electron chi connectivity index (χ1n) is 5.91. The summed E-state index contributed by atoms with van der Waals surface area (Å²) in [6.45, 7) is 2.82. The van der Waals surface area contributed by atoms with Gasteiger partial charge in [-0.2, -0.15) is 5.10 Å². The van der Waals surface area contributed by atoms with E-state index in [0.717, 1.165) is 21.8 Å². The van der Waals surface area contributed by atoms with Crippen LogP contribution in [0.3, 0.4) is 0 Å². The Kier molecular flexibility index (Phi) is 3.31. The van der Waals surface area contributed by atoms with Crippen LogP contribution in [-0.2, 0) is 17.8 Å². The Balaban J connectivity index is 1.66. The Morgan fingerprint density at radius 1 is 1.47 bits per heavy atom. The van der Waals surface area contributed by atoms with Gasteiger partial charge in [-0.15, -0.1) is 11.3 Å². The second-order valence-electron chi connectivity index (χ2n) is 4.00. The molecule has 5 nitrogen and oxygen atoms in total. The van der Waals surface area contributed by atoms with Crippen LogP contribution in [0.5, 0.6) is 0 Å². The Morgan fingerprint density at radius 3 is 3.11 bits per heavy atom. The molecule has 0 aromatic carbocycles. The van der Waals surface area contributed by atoms with Crippen LogP contribution < -0.4 is 5.32 Å². The maximum atomic E-state index is 11.9. The maximum Gasteiger partial charge on any atom is 0.232 e. The van der Waals surface area contributed by atoms with Crippen molar-refractivity contribution < 1.29 is 4.79 Å². The first-order chi connectivity index (χ1) is 9.24. The van der Waals surface area contributed by atoms with Gasteiger partial charge in [-0.1, -0.05) is 11.3 Å². The highest BCUT2D eigenvalue weighted by atomic mass is 32.2. The van der Waals surface area contributed by atoms with Gasteiger partial charge < -0.3 is 5.32 Å². The number of carbonyl (C=O) groups is 1. The van der Waals surface area contributed by atoms with Crippen molar-refractivity contribution in [3.8, 4) is 0 Å². The SMILES string of the molecule is CCn1ccc(CC(=O)Nc2nc3ccsc3s2)n1. The lowest BCUT2D eigenvalue weighted by Crippen LogP contribution is -2.14. The number of hydrogen-bond donors (Lipinski definition) is 1. The van der Waals surface area contributed by atoms with Gasteiger partial charge in [-0.25, -0.2) is 4.98 Å². The van der Waals surface area contributed by atoms with Crippen LogP contribution >= 0.6 is 22.7 Å². The fourth-order valence-electron chi connectivity index (χ4n) is 1.72. The highest BCUT2D eigenvalue weighted by Crippen LogP contribution is 2.30. The molecule has 0 aliphatic heterocycles. The summed E-state index contributed by atoms with van der Waals surface area (Å²) in [5.74, 6) is -0.0808. The first-order valence-corrected chi connectivity index (χ1v) is 7.60. The number of carbonyl (C=O) groups excluding carboxylic acids is 1. The lowest BCUT2D eigenvalue weighted by atomic mass is 10.3. The van der Waals surface area contributed by atoms with E-state index < -0.39 is 0 Å². The number of aromatic nitrogens is 3. The molecule has 3 aromatic rings. The van der Waals surface area contributed by atoms with Gasteiger partial charge in [0.05, 0.1) is 17.6 Å². The monoisotopic (exact) mass is 292 g/mol. The number of amides is 1. The summed E-state index contributed by atoms with van der Waals surface area (Å²) in [4.78, 5) is 16.2. The highest BCUT2D eigenvalue weighted by Gasteiger charge is 2.10. The second-order valence-corrected chi connectivity index (χ2v) is 6.17. The van der Waals surface area contributed by atoms with E-state index in [1.54, 1.807) is 11.3 Å². The summed E-state index contributed by atoms with van der Waals surface area (Å²) in [5.41, 5.74) is 1.72. The van der Waals surface area contributed by atoms with Crippen molar-refractivity contribution >= 4 is 43.2 Å². The fourth-order valence-corrected chi connectivity index (χ4v) is 3.58. The Morgan fingerprint density at radius 2 is 2.37 bits per heavy atom. The molecule has 0 atom stereocenters. The summed E-state index contributed by atoms with van der Waals surface area (Å²) < 4.78 is 2.94. The molecule has 3 aromatic heterocycles. The van der Waals surface area contributed by atoms with E-state index in [-0.39, 0.29) is 12.3 Å². The molecule has 0 radical (unpaired) electrons. The smallest absolute Gasteiger partial charge is 0.232 e. The third-order valence-corrected chi connectivity index (χ3v) is 4.64. The van der Waals surface area contributed by atoms with Gasteiger partial charge in [0.15, 0.2) is 5.13 Å². The van der Waals surface area contributed by atoms with E-state index in [0.29, 0.717) is 5.13 Å². The minimum atomic E-state index is -0.0808. The van der Waals surface area contributed by atoms with Crippen LogP contribution in [0.25, 0.3) is 9.53 Å². The number of fused-ring (bicyclic) bond motifs is 1. The van der Waals surface area contributed by atoms with Gasteiger partial charge in [0.2, 0.25) is 5.91 Å². The minimum absolute atomic E-state index is 0.0808. The summed E-state index contributed by atoms with van der Waals surface area (Å²) >= 11 is 3.14.